The van der Waals surface area contributed by atoms with E-state index in [9.17, 15) is 14.4 Å². The van der Waals surface area contributed by atoms with Gasteiger partial charge in [-0.05, 0) is 60.7 Å². The van der Waals surface area contributed by atoms with Crippen LogP contribution in [0.15, 0.2) is 88.9 Å². The second-order valence-corrected chi connectivity index (χ2v) is 9.32. The zero-order valence-electron chi connectivity index (χ0n) is 20.1. The molecule has 0 aliphatic rings. The first-order valence-electron chi connectivity index (χ1n) is 11.5. The molecule has 1 atom stereocenters. The van der Waals surface area contributed by atoms with Gasteiger partial charge < -0.3 is 15.1 Å². The van der Waals surface area contributed by atoms with Crippen molar-refractivity contribution in [1.29, 1.82) is 0 Å². The third kappa shape index (κ3) is 6.09. The lowest BCUT2D eigenvalue weighted by atomic mass is 10.0. The Kier molecular flexibility index (Phi) is 7.97. The minimum Gasteiger partial charge on any atom is -0.467 e. The van der Waals surface area contributed by atoms with Gasteiger partial charge in [-0.15, -0.1) is 11.3 Å². The van der Waals surface area contributed by atoms with Gasteiger partial charge in [0.15, 0.2) is 0 Å². The van der Waals surface area contributed by atoms with Crippen LogP contribution >= 0.6 is 11.3 Å². The van der Waals surface area contributed by atoms with Crippen LogP contribution in [0.4, 0.5) is 5.69 Å². The zero-order chi connectivity index (χ0) is 25.5. The quantitative estimate of drug-likeness (QED) is 0.345. The van der Waals surface area contributed by atoms with E-state index in [2.05, 4.69) is 10.6 Å². The summed E-state index contributed by atoms with van der Waals surface area (Å²) in [5, 5.41) is 7.38. The smallest absolute Gasteiger partial charge is 0.261 e. The first kappa shape index (κ1) is 24.9. The van der Waals surface area contributed by atoms with Crippen molar-refractivity contribution in [2.75, 3.05) is 11.4 Å². The number of hydrogen-bond donors (Lipinski definition) is 2. The molecule has 0 fully saturated rings. The van der Waals surface area contributed by atoms with Crippen LogP contribution < -0.4 is 15.5 Å². The van der Waals surface area contributed by atoms with Gasteiger partial charge in [0.2, 0.25) is 11.8 Å². The van der Waals surface area contributed by atoms with Crippen LogP contribution in [0.1, 0.15) is 38.2 Å². The molecule has 2 N–H and O–H groups in total. The third-order valence-corrected chi connectivity index (χ3v) is 6.48. The van der Waals surface area contributed by atoms with E-state index >= 15 is 0 Å². The van der Waals surface area contributed by atoms with Gasteiger partial charge in [-0.25, -0.2) is 0 Å². The normalized spacial score (nSPS) is 11.5. The van der Waals surface area contributed by atoms with Crippen molar-refractivity contribution in [3.8, 4) is 0 Å². The molecule has 0 spiro atoms. The number of benzene rings is 2. The van der Waals surface area contributed by atoms with E-state index in [4.69, 9.17) is 4.42 Å². The lowest BCUT2D eigenvalue weighted by Crippen LogP contribution is -2.47. The number of furan rings is 1. The molecule has 4 rings (SSSR count). The molecule has 2 aromatic heterocycles. The average Bonchev–Trinajstić information content (AvgIpc) is 3.60. The number of carbonyl (C=O) groups excluding carboxylic acids is 3. The van der Waals surface area contributed by atoms with E-state index in [-0.39, 0.29) is 24.9 Å². The molecular formula is C28H27N3O4S. The van der Waals surface area contributed by atoms with Crippen molar-refractivity contribution in [3.05, 3.63) is 112 Å². The van der Waals surface area contributed by atoms with Gasteiger partial charge in [0, 0.05) is 5.69 Å². The summed E-state index contributed by atoms with van der Waals surface area (Å²) in [6.45, 7) is 3.79. The molecule has 0 radical (unpaired) electrons. The molecule has 0 bridgehead atoms. The SMILES string of the molecule is Cc1ccc([C@H](C(=O)NCc2ccco2)N(C(=O)CNC(=O)c2cccs2)c2cccc(C)c2)cc1. The maximum atomic E-state index is 13.7. The van der Waals surface area contributed by atoms with Crippen LogP contribution in [-0.4, -0.2) is 24.3 Å². The molecule has 8 heteroatoms. The fraction of sp³-hybridized carbons (Fsp3) is 0.179. The number of nitrogens with zero attached hydrogens (tertiary/aromatic N) is 1. The third-order valence-electron chi connectivity index (χ3n) is 5.61. The van der Waals surface area contributed by atoms with Gasteiger partial charge in [-0.3, -0.25) is 19.3 Å². The Hall–Kier alpha value is -4.17. The maximum Gasteiger partial charge on any atom is 0.261 e. The number of nitrogens with one attached hydrogen (secondary N) is 2. The number of amides is 3. The Bertz CT molecular complexity index is 1320. The van der Waals surface area contributed by atoms with Gasteiger partial charge in [0.1, 0.15) is 11.8 Å². The van der Waals surface area contributed by atoms with E-state index < -0.39 is 11.9 Å². The van der Waals surface area contributed by atoms with Crippen molar-refractivity contribution >= 4 is 34.7 Å². The first-order chi connectivity index (χ1) is 17.4. The minimum atomic E-state index is -0.964. The topological polar surface area (TPSA) is 91.7 Å². The van der Waals surface area contributed by atoms with E-state index in [1.165, 1.54) is 22.5 Å². The Balaban J connectivity index is 1.67. The lowest BCUT2D eigenvalue weighted by Gasteiger charge is -2.32. The van der Waals surface area contributed by atoms with E-state index in [0.29, 0.717) is 21.9 Å². The van der Waals surface area contributed by atoms with Gasteiger partial charge in [0.05, 0.1) is 24.2 Å². The van der Waals surface area contributed by atoms with Gasteiger partial charge in [0.25, 0.3) is 5.91 Å². The molecule has 0 aliphatic heterocycles. The van der Waals surface area contributed by atoms with Crippen molar-refractivity contribution in [3.63, 3.8) is 0 Å². The summed E-state index contributed by atoms with van der Waals surface area (Å²) in [5.74, 6) is -0.515. The van der Waals surface area contributed by atoms with Crippen LogP contribution in [0.5, 0.6) is 0 Å². The standard InChI is InChI=1S/C28H27N3O4S/c1-19-10-12-21(13-11-19)26(28(34)29-17-23-8-4-14-35-23)31(22-7-3-6-20(2)16-22)25(32)18-30-27(33)24-9-5-15-36-24/h3-16,26H,17-18H2,1-2H3,(H,29,34)(H,30,33)/t26-/m1/s1. The summed E-state index contributed by atoms with van der Waals surface area (Å²) < 4.78 is 5.35. The number of anilines is 1. The Morgan fingerprint density at radius 1 is 0.917 bits per heavy atom. The summed E-state index contributed by atoms with van der Waals surface area (Å²) >= 11 is 1.29. The van der Waals surface area contributed by atoms with Gasteiger partial charge in [-0.1, -0.05) is 48.0 Å². The highest BCUT2D eigenvalue weighted by Gasteiger charge is 2.33. The molecule has 3 amide bonds. The van der Waals surface area contributed by atoms with Gasteiger partial charge in [-0.2, -0.15) is 0 Å². The average molecular weight is 502 g/mol. The first-order valence-corrected chi connectivity index (χ1v) is 12.4. The van der Waals surface area contributed by atoms with E-state index in [1.54, 1.807) is 35.7 Å². The summed E-state index contributed by atoms with van der Waals surface area (Å²) in [5.41, 5.74) is 3.18. The van der Waals surface area contributed by atoms with Crippen molar-refractivity contribution < 1.29 is 18.8 Å². The van der Waals surface area contributed by atoms with Crippen LogP contribution in [-0.2, 0) is 16.1 Å². The lowest BCUT2D eigenvalue weighted by molar-refractivity contribution is -0.126. The highest BCUT2D eigenvalue weighted by molar-refractivity contribution is 7.12. The highest BCUT2D eigenvalue weighted by atomic mass is 32.1. The van der Waals surface area contributed by atoms with Crippen LogP contribution in [0, 0.1) is 13.8 Å². The predicted octanol–water partition coefficient (Wildman–Crippen LogP) is 4.78. The molecule has 0 aliphatic carbocycles. The van der Waals surface area contributed by atoms with E-state index in [0.717, 1.165) is 11.1 Å². The number of carbonyl (C=O) groups is 3. The Morgan fingerprint density at radius 2 is 1.72 bits per heavy atom. The molecule has 0 unspecified atom stereocenters. The summed E-state index contributed by atoms with van der Waals surface area (Å²) in [7, 11) is 0. The molecular weight excluding hydrogens is 474 g/mol. The summed E-state index contributed by atoms with van der Waals surface area (Å²) in [4.78, 5) is 41.8. The fourth-order valence-corrected chi connectivity index (χ4v) is 4.44. The Labute approximate surface area is 213 Å². The van der Waals surface area contributed by atoms with Crippen LogP contribution in [0.3, 0.4) is 0 Å². The summed E-state index contributed by atoms with van der Waals surface area (Å²) in [6, 6.07) is 20.9. The highest BCUT2D eigenvalue weighted by Crippen LogP contribution is 2.29. The van der Waals surface area contributed by atoms with Crippen LogP contribution in [0.25, 0.3) is 0 Å². The molecule has 2 aromatic carbocycles. The molecule has 36 heavy (non-hydrogen) atoms. The number of hydrogen-bond acceptors (Lipinski definition) is 5. The molecule has 7 nitrogen and oxygen atoms in total. The number of rotatable bonds is 9. The minimum absolute atomic E-state index is 0.180. The molecule has 4 aromatic rings. The van der Waals surface area contributed by atoms with Crippen molar-refractivity contribution in [1.82, 2.24) is 10.6 Å². The maximum absolute atomic E-state index is 13.7. The molecule has 2 heterocycles. The van der Waals surface area contributed by atoms with E-state index in [1.807, 2.05) is 56.3 Å². The van der Waals surface area contributed by atoms with Crippen LogP contribution in [0.2, 0.25) is 0 Å². The van der Waals surface area contributed by atoms with Crippen molar-refractivity contribution in [2.45, 2.75) is 26.4 Å². The number of aryl methyl sites for hydroxylation is 2. The summed E-state index contributed by atoms with van der Waals surface area (Å²) in [6.07, 6.45) is 1.54. The second kappa shape index (κ2) is 11.5. The largest absolute Gasteiger partial charge is 0.467 e. The second-order valence-electron chi connectivity index (χ2n) is 8.37. The van der Waals surface area contributed by atoms with Crippen molar-refractivity contribution in [2.24, 2.45) is 0 Å². The number of thiophene rings is 1. The Morgan fingerprint density at radius 3 is 2.39 bits per heavy atom. The fourth-order valence-electron chi connectivity index (χ4n) is 3.80. The molecule has 0 saturated carbocycles. The molecule has 184 valence electrons. The van der Waals surface area contributed by atoms with Gasteiger partial charge >= 0.3 is 0 Å². The monoisotopic (exact) mass is 501 g/mol. The zero-order valence-corrected chi connectivity index (χ0v) is 20.9. The predicted molar refractivity (Wildman–Crippen MR) is 140 cm³/mol. The molecule has 0 saturated heterocycles.